The van der Waals surface area contributed by atoms with Gasteiger partial charge in [-0.2, -0.15) is 5.10 Å². The SMILES string of the molecule is Cc1cnn(CCC(=O)N2CCC[C@H]2c2cc(C(C)C)on2)c1. The summed E-state index contributed by atoms with van der Waals surface area (Å²) in [4.78, 5) is 14.5. The average molecular weight is 316 g/mol. The fourth-order valence-electron chi connectivity index (χ4n) is 3.05. The topological polar surface area (TPSA) is 64.2 Å². The molecule has 0 bridgehead atoms. The highest BCUT2D eigenvalue weighted by molar-refractivity contribution is 5.76. The number of hydrogen-bond donors (Lipinski definition) is 0. The lowest BCUT2D eigenvalue weighted by Gasteiger charge is -2.23. The van der Waals surface area contributed by atoms with Crippen molar-refractivity contribution in [2.75, 3.05) is 6.54 Å². The van der Waals surface area contributed by atoms with E-state index in [2.05, 4.69) is 24.1 Å². The Morgan fingerprint density at radius 3 is 2.96 bits per heavy atom. The van der Waals surface area contributed by atoms with Crippen LogP contribution < -0.4 is 0 Å². The van der Waals surface area contributed by atoms with Crippen molar-refractivity contribution in [3.8, 4) is 0 Å². The first kappa shape index (κ1) is 15.8. The summed E-state index contributed by atoms with van der Waals surface area (Å²) in [5.41, 5.74) is 2.00. The van der Waals surface area contributed by atoms with Crippen molar-refractivity contribution in [3.63, 3.8) is 0 Å². The minimum absolute atomic E-state index is 0.0538. The molecule has 1 aliphatic heterocycles. The molecule has 1 fully saturated rings. The fourth-order valence-corrected chi connectivity index (χ4v) is 3.05. The standard InChI is InChI=1S/C17H24N4O2/c1-12(2)16-9-14(19-23-16)15-5-4-7-21(15)17(22)6-8-20-11-13(3)10-18-20/h9-12,15H,4-8H2,1-3H3/t15-/m0/s1. The molecule has 0 aromatic carbocycles. The number of hydrogen-bond acceptors (Lipinski definition) is 4. The number of aromatic nitrogens is 3. The molecule has 2 aromatic rings. The Labute approximate surface area is 136 Å². The Kier molecular flexibility index (Phi) is 4.50. The number of nitrogens with zero attached hydrogens (tertiary/aromatic N) is 4. The van der Waals surface area contributed by atoms with Gasteiger partial charge in [-0.05, 0) is 25.3 Å². The third kappa shape index (κ3) is 3.46. The second kappa shape index (κ2) is 6.56. The van der Waals surface area contributed by atoms with E-state index in [4.69, 9.17) is 4.52 Å². The normalized spacial score (nSPS) is 18.1. The van der Waals surface area contributed by atoms with Gasteiger partial charge in [-0.3, -0.25) is 9.48 Å². The highest BCUT2D eigenvalue weighted by Gasteiger charge is 2.32. The summed E-state index contributed by atoms with van der Waals surface area (Å²) in [6.45, 7) is 7.57. The molecule has 6 nitrogen and oxygen atoms in total. The third-order valence-corrected chi connectivity index (χ3v) is 4.35. The highest BCUT2D eigenvalue weighted by atomic mass is 16.5. The van der Waals surface area contributed by atoms with Crippen LogP contribution in [0.2, 0.25) is 0 Å². The minimum Gasteiger partial charge on any atom is -0.361 e. The van der Waals surface area contributed by atoms with Crippen LogP contribution in [0.1, 0.15) is 62.1 Å². The molecule has 6 heteroatoms. The zero-order valence-electron chi connectivity index (χ0n) is 14.0. The molecule has 1 aliphatic rings. The van der Waals surface area contributed by atoms with E-state index in [1.165, 1.54) is 0 Å². The van der Waals surface area contributed by atoms with E-state index in [0.717, 1.165) is 36.4 Å². The number of likely N-dealkylation sites (tertiary alicyclic amines) is 1. The summed E-state index contributed by atoms with van der Waals surface area (Å²) in [5, 5.41) is 8.42. The monoisotopic (exact) mass is 316 g/mol. The van der Waals surface area contributed by atoms with Crippen LogP contribution in [0.15, 0.2) is 23.0 Å². The van der Waals surface area contributed by atoms with Crippen LogP contribution in [0.5, 0.6) is 0 Å². The van der Waals surface area contributed by atoms with Crippen LogP contribution in [0, 0.1) is 6.92 Å². The molecule has 0 spiro atoms. The summed E-state index contributed by atoms with van der Waals surface area (Å²) >= 11 is 0. The molecule has 1 saturated heterocycles. The predicted molar refractivity (Wildman–Crippen MR) is 85.9 cm³/mol. The first-order valence-corrected chi connectivity index (χ1v) is 8.29. The number of aryl methyl sites for hydroxylation is 2. The Morgan fingerprint density at radius 2 is 2.30 bits per heavy atom. The van der Waals surface area contributed by atoms with Gasteiger partial charge in [0.05, 0.1) is 12.2 Å². The number of amides is 1. The van der Waals surface area contributed by atoms with Crippen molar-refractivity contribution < 1.29 is 9.32 Å². The van der Waals surface area contributed by atoms with Crippen molar-refractivity contribution in [2.24, 2.45) is 0 Å². The Balaban J connectivity index is 1.64. The van der Waals surface area contributed by atoms with Gasteiger partial charge in [0.15, 0.2) is 0 Å². The molecule has 3 heterocycles. The molecule has 0 unspecified atom stereocenters. The molecule has 124 valence electrons. The molecular weight excluding hydrogens is 292 g/mol. The second-order valence-corrected chi connectivity index (χ2v) is 6.58. The molecular formula is C17H24N4O2. The maximum atomic E-state index is 12.6. The third-order valence-electron chi connectivity index (χ3n) is 4.35. The van der Waals surface area contributed by atoms with Crippen LogP contribution in [0.3, 0.4) is 0 Å². The Morgan fingerprint density at radius 1 is 1.48 bits per heavy atom. The summed E-state index contributed by atoms with van der Waals surface area (Å²) in [6.07, 6.45) is 6.21. The summed E-state index contributed by atoms with van der Waals surface area (Å²) in [7, 11) is 0. The van der Waals surface area contributed by atoms with Crippen LogP contribution in [-0.2, 0) is 11.3 Å². The van der Waals surface area contributed by atoms with Gasteiger partial charge in [0, 0.05) is 37.7 Å². The van der Waals surface area contributed by atoms with E-state index < -0.39 is 0 Å². The van der Waals surface area contributed by atoms with Gasteiger partial charge in [0.1, 0.15) is 11.5 Å². The van der Waals surface area contributed by atoms with Crippen molar-refractivity contribution in [1.29, 1.82) is 0 Å². The van der Waals surface area contributed by atoms with Gasteiger partial charge in [0.2, 0.25) is 5.91 Å². The number of carbonyl (C=O) groups is 1. The van der Waals surface area contributed by atoms with Crippen LogP contribution >= 0.6 is 0 Å². The zero-order valence-corrected chi connectivity index (χ0v) is 14.0. The molecule has 1 amide bonds. The molecule has 1 atom stereocenters. The Bertz CT molecular complexity index is 674. The predicted octanol–water partition coefficient (Wildman–Crippen LogP) is 3.06. The summed E-state index contributed by atoms with van der Waals surface area (Å²) in [5.74, 6) is 1.35. The van der Waals surface area contributed by atoms with E-state index in [1.807, 2.05) is 35.0 Å². The first-order valence-electron chi connectivity index (χ1n) is 8.29. The number of rotatable bonds is 5. The molecule has 0 saturated carbocycles. The molecule has 2 aromatic heterocycles. The zero-order chi connectivity index (χ0) is 16.4. The smallest absolute Gasteiger partial charge is 0.225 e. The summed E-state index contributed by atoms with van der Waals surface area (Å²) < 4.78 is 7.22. The maximum absolute atomic E-state index is 12.6. The molecule has 3 rings (SSSR count). The first-order chi connectivity index (χ1) is 11.0. The fraction of sp³-hybridized carbons (Fsp3) is 0.588. The lowest BCUT2D eigenvalue weighted by molar-refractivity contribution is -0.132. The molecule has 0 aliphatic carbocycles. The van der Waals surface area contributed by atoms with Crippen LogP contribution in [0.25, 0.3) is 0 Å². The van der Waals surface area contributed by atoms with Crippen molar-refractivity contribution in [3.05, 3.63) is 35.5 Å². The van der Waals surface area contributed by atoms with Crippen molar-refractivity contribution in [2.45, 2.75) is 58.5 Å². The van der Waals surface area contributed by atoms with E-state index in [-0.39, 0.29) is 11.9 Å². The molecule has 0 N–H and O–H groups in total. The highest BCUT2D eigenvalue weighted by Crippen LogP contribution is 2.33. The van der Waals surface area contributed by atoms with E-state index >= 15 is 0 Å². The maximum Gasteiger partial charge on any atom is 0.225 e. The van der Waals surface area contributed by atoms with Gasteiger partial charge in [-0.15, -0.1) is 0 Å². The molecule has 0 radical (unpaired) electrons. The van der Waals surface area contributed by atoms with Gasteiger partial charge in [0.25, 0.3) is 0 Å². The van der Waals surface area contributed by atoms with Gasteiger partial charge < -0.3 is 9.42 Å². The van der Waals surface area contributed by atoms with Gasteiger partial charge >= 0.3 is 0 Å². The average Bonchev–Trinajstić information content (AvgIpc) is 3.24. The van der Waals surface area contributed by atoms with E-state index in [9.17, 15) is 4.79 Å². The quantitative estimate of drug-likeness (QED) is 0.850. The van der Waals surface area contributed by atoms with Gasteiger partial charge in [-0.25, -0.2) is 0 Å². The van der Waals surface area contributed by atoms with Crippen LogP contribution in [-0.4, -0.2) is 32.3 Å². The molecule has 23 heavy (non-hydrogen) atoms. The number of carbonyl (C=O) groups excluding carboxylic acids is 1. The largest absolute Gasteiger partial charge is 0.361 e. The van der Waals surface area contributed by atoms with Crippen LogP contribution in [0.4, 0.5) is 0 Å². The van der Waals surface area contributed by atoms with Crippen molar-refractivity contribution in [1.82, 2.24) is 19.8 Å². The van der Waals surface area contributed by atoms with E-state index in [0.29, 0.717) is 18.9 Å². The lowest BCUT2D eigenvalue weighted by atomic mass is 10.1. The van der Waals surface area contributed by atoms with E-state index in [1.54, 1.807) is 0 Å². The second-order valence-electron chi connectivity index (χ2n) is 6.58. The minimum atomic E-state index is 0.0538. The Hall–Kier alpha value is -2.11. The van der Waals surface area contributed by atoms with Crippen molar-refractivity contribution >= 4 is 5.91 Å². The van der Waals surface area contributed by atoms with Gasteiger partial charge in [-0.1, -0.05) is 19.0 Å². The summed E-state index contributed by atoms with van der Waals surface area (Å²) in [6, 6.07) is 2.05. The lowest BCUT2D eigenvalue weighted by Crippen LogP contribution is -2.31.